The van der Waals surface area contributed by atoms with Gasteiger partial charge < -0.3 is 0 Å². The molecule has 3 aromatic rings. The van der Waals surface area contributed by atoms with Gasteiger partial charge in [0, 0.05) is 24.0 Å². The summed E-state index contributed by atoms with van der Waals surface area (Å²) in [7, 11) is -12.3. The average Bonchev–Trinajstić information content (AvgIpc) is 3.34. The Bertz CT molecular complexity index is 1640. The molecule has 13 heteroatoms. The number of benzene rings is 2. The number of hydrogen-bond acceptors (Lipinski definition) is 6. The van der Waals surface area contributed by atoms with E-state index in [1.165, 1.54) is 28.6 Å². The number of aromatic nitrogens is 1. The molecule has 9 nitrogen and oxygen atoms in total. The van der Waals surface area contributed by atoms with Crippen LogP contribution in [-0.4, -0.2) is 58.4 Å². The maximum Gasteiger partial charge on any atom is 0.272 e. The van der Waals surface area contributed by atoms with Crippen LogP contribution in [0.2, 0.25) is 0 Å². The summed E-state index contributed by atoms with van der Waals surface area (Å²) >= 11 is 0. The van der Waals surface area contributed by atoms with Gasteiger partial charge in [0.15, 0.2) is 5.03 Å². The first-order valence-electron chi connectivity index (χ1n) is 11.5. The first kappa shape index (κ1) is 25.3. The van der Waals surface area contributed by atoms with Crippen LogP contribution in [0.1, 0.15) is 25.7 Å². The van der Waals surface area contributed by atoms with Gasteiger partial charge in [-0.15, -0.1) is 0 Å². The molecule has 2 aliphatic heterocycles. The number of para-hydroxylation sites is 1. The van der Waals surface area contributed by atoms with E-state index in [0.717, 1.165) is 22.4 Å². The lowest BCUT2D eigenvalue weighted by molar-refractivity contribution is 0.191. The number of nitrogens with one attached hydrogen (secondary N) is 1. The highest BCUT2D eigenvalue weighted by atomic mass is 32.2. The molecule has 2 fully saturated rings. The Balaban J connectivity index is 1.59. The molecule has 2 aromatic carbocycles. The van der Waals surface area contributed by atoms with Crippen molar-refractivity contribution in [1.29, 1.82) is 0 Å². The molecule has 2 saturated heterocycles. The number of nitrogens with zero attached hydrogens (tertiary/aromatic N) is 2. The zero-order chi connectivity index (χ0) is 25.9. The predicted molar refractivity (Wildman–Crippen MR) is 132 cm³/mol. The van der Waals surface area contributed by atoms with Gasteiger partial charge in [0.05, 0.1) is 11.8 Å². The Hall–Kier alpha value is -2.32. The van der Waals surface area contributed by atoms with Crippen LogP contribution < -0.4 is 4.72 Å². The van der Waals surface area contributed by atoms with Crippen LogP contribution in [0.25, 0.3) is 10.9 Å². The number of hydrogen-bond donors (Lipinski definition) is 1. The Morgan fingerprint density at radius 2 is 1.50 bits per heavy atom. The van der Waals surface area contributed by atoms with E-state index in [2.05, 4.69) is 4.72 Å². The largest absolute Gasteiger partial charge is 0.272 e. The molecule has 2 aliphatic rings. The zero-order valence-corrected chi connectivity index (χ0v) is 21.9. The number of fused-ring (bicyclic) bond motifs is 3. The predicted octanol–water partition coefficient (Wildman–Crippen LogP) is 2.50. The van der Waals surface area contributed by atoms with Crippen molar-refractivity contribution >= 4 is 41.0 Å². The highest BCUT2D eigenvalue weighted by Gasteiger charge is 2.49. The summed E-state index contributed by atoms with van der Waals surface area (Å²) in [5, 5.41) is -0.0351. The monoisotopic (exact) mass is 555 g/mol. The maximum atomic E-state index is 14.6. The number of rotatable bonds is 7. The van der Waals surface area contributed by atoms with E-state index in [0.29, 0.717) is 31.1 Å². The minimum absolute atomic E-state index is 0.0309. The lowest BCUT2D eigenvalue weighted by Crippen LogP contribution is -2.48. The summed E-state index contributed by atoms with van der Waals surface area (Å²) in [6, 6.07) is 11.8. The van der Waals surface area contributed by atoms with Crippen molar-refractivity contribution in [2.45, 2.75) is 47.7 Å². The van der Waals surface area contributed by atoms with E-state index >= 15 is 0 Å². The zero-order valence-electron chi connectivity index (χ0n) is 19.4. The highest BCUT2D eigenvalue weighted by molar-refractivity contribution is 7.92. The van der Waals surface area contributed by atoms with Gasteiger partial charge in [0.25, 0.3) is 20.0 Å². The molecule has 0 radical (unpaired) electrons. The molecule has 2 bridgehead atoms. The fourth-order valence-corrected chi connectivity index (χ4v) is 10.0. The average molecular weight is 556 g/mol. The highest BCUT2D eigenvalue weighted by Crippen LogP contribution is 2.43. The van der Waals surface area contributed by atoms with Gasteiger partial charge >= 0.3 is 0 Å². The van der Waals surface area contributed by atoms with Gasteiger partial charge in [0.1, 0.15) is 10.7 Å². The van der Waals surface area contributed by atoms with Crippen LogP contribution in [0.5, 0.6) is 0 Å². The van der Waals surface area contributed by atoms with Crippen LogP contribution in [0.4, 0.5) is 4.39 Å². The minimum atomic E-state index is -4.60. The molecule has 1 aromatic heterocycles. The second-order valence-corrected chi connectivity index (χ2v) is 14.8. The van der Waals surface area contributed by atoms with E-state index in [9.17, 15) is 29.6 Å². The van der Waals surface area contributed by atoms with E-state index in [1.807, 2.05) is 0 Å². The number of halogens is 1. The lowest BCUT2D eigenvalue weighted by Gasteiger charge is -2.37. The summed E-state index contributed by atoms with van der Waals surface area (Å²) in [5.41, 5.74) is 0.138. The van der Waals surface area contributed by atoms with Gasteiger partial charge in [-0.1, -0.05) is 30.3 Å². The van der Waals surface area contributed by atoms with E-state index in [4.69, 9.17) is 0 Å². The van der Waals surface area contributed by atoms with Gasteiger partial charge in [-0.05, 0) is 55.9 Å². The normalized spacial score (nSPS) is 23.3. The molecule has 0 spiro atoms. The molecule has 0 saturated carbocycles. The fourth-order valence-electron chi connectivity index (χ4n) is 5.47. The molecule has 36 heavy (non-hydrogen) atoms. The third-order valence-electron chi connectivity index (χ3n) is 6.93. The topological polar surface area (TPSA) is 123 Å². The second kappa shape index (κ2) is 8.91. The van der Waals surface area contributed by atoms with Crippen molar-refractivity contribution in [2.75, 3.05) is 12.8 Å². The molecular weight excluding hydrogens is 529 g/mol. The Kier molecular flexibility index (Phi) is 6.27. The van der Waals surface area contributed by atoms with Crippen molar-refractivity contribution in [3.05, 3.63) is 60.4 Å². The van der Waals surface area contributed by atoms with E-state index in [1.54, 1.807) is 18.2 Å². The summed E-state index contributed by atoms with van der Waals surface area (Å²) in [6.45, 7) is 0.224. The van der Waals surface area contributed by atoms with Crippen LogP contribution in [0.15, 0.2) is 64.5 Å². The quantitative estimate of drug-likeness (QED) is 0.478. The van der Waals surface area contributed by atoms with Crippen LogP contribution in [-0.2, 0) is 30.1 Å². The molecule has 2 unspecified atom stereocenters. The second-order valence-electron chi connectivity index (χ2n) is 9.42. The molecule has 0 aliphatic carbocycles. The first-order chi connectivity index (χ1) is 16.9. The van der Waals surface area contributed by atoms with Crippen LogP contribution in [0.3, 0.4) is 0 Å². The number of piperidine rings is 1. The smallest absolute Gasteiger partial charge is 0.221 e. The summed E-state index contributed by atoms with van der Waals surface area (Å²) in [6.07, 6.45) is 3.19. The Morgan fingerprint density at radius 1 is 0.889 bits per heavy atom. The molecule has 194 valence electrons. The third-order valence-corrected chi connectivity index (χ3v) is 11.5. The van der Waals surface area contributed by atoms with Crippen molar-refractivity contribution < 1.29 is 29.6 Å². The molecule has 1 N–H and O–H groups in total. The van der Waals surface area contributed by atoms with Gasteiger partial charge in [-0.2, -0.15) is 4.31 Å². The Morgan fingerprint density at radius 3 is 2.14 bits per heavy atom. The Labute approximate surface area is 210 Å². The summed E-state index contributed by atoms with van der Waals surface area (Å²) in [4.78, 5) is -0.615. The standard InChI is InChI=1S/C23H26FN3O6S3/c1-34(28,29)25-15-16-12-18-10-11-19(13-16)26(18)36(32,33)23-14-17-6-2-4-8-21(17)27(23)35(30,31)22-9-5-3-7-20(22)24/h2-9,14,16,18-19,25H,10-13,15H2,1H3. The van der Waals surface area contributed by atoms with E-state index in [-0.39, 0.29) is 30.1 Å². The van der Waals surface area contributed by atoms with E-state index < -0.39 is 45.8 Å². The van der Waals surface area contributed by atoms with Crippen LogP contribution in [0, 0.1) is 11.7 Å². The summed E-state index contributed by atoms with van der Waals surface area (Å²) < 4.78 is 97.7. The lowest BCUT2D eigenvalue weighted by atomic mass is 9.93. The van der Waals surface area contributed by atoms with Crippen molar-refractivity contribution in [2.24, 2.45) is 5.92 Å². The molecular formula is C23H26FN3O6S3. The molecule has 0 amide bonds. The van der Waals surface area contributed by atoms with Crippen molar-refractivity contribution in [3.8, 4) is 0 Å². The maximum absolute atomic E-state index is 14.6. The SMILES string of the molecule is CS(=O)(=O)NCC1CC2CCC(C1)N2S(=O)(=O)c1cc2ccccc2n1S(=O)(=O)c1ccccc1F. The number of sulfonamides is 2. The first-order valence-corrected chi connectivity index (χ1v) is 16.3. The summed E-state index contributed by atoms with van der Waals surface area (Å²) in [5.74, 6) is -1.01. The molecule has 3 heterocycles. The van der Waals surface area contributed by atoms with Crippen LogP contribution >= 0.6 is 0 Å². The minimum Gasteiger partial charge on any atom is -0.221 e. The fraction of sp³-hybridized carbons (Fsp3) is 0.391. The molecule has 2 atom stereocenters. The van der Waals surface area contributed by atoms with Crippen molar-refractivity contribution in [1.82, 2.24) is 13.0 Å². The van der Waals surface area contributed by atoms with Gasteiger partial charge in [-0.25, -0.2) is 38.3 Å². The van der Waals surface area contributed by atoms with Gasteiger partial charge in [0.2, 0.25) is 10.0 Å². The molecule has 5 rings (SSSR count). The van der Waals surface area contributed by atoms with Gasteiger partial charge in [-0.3, -0.25) is 0 Å². The third kappa shape index (κ3) is 4.36. The van der Waals surface area contributed by atoms with Crippen molar-refractivity contribution in [3.63, 3.8) is 0 Å².